The number of esters is 1. The van der Waals surface area contributed by atoms with Crippen molar-refractivity contribution >= 4 is 23.4 Å². The molecule has 0 atom stereocenters. The van der Waals surface area contributed by atoms with Crippen LogP contribution in [0.4, 0.5) is 0 Å². The number of halogens is 1. The van der Waals surface area contributed by atoms with Gasteiger partial charge in [-0.15, -0.1) is 0 Å². The second-order valence-corrected chi connectivity index (χ2v) is 6.34. The number of Topliss-reactive ketones (excluding diaryl/α,β-unsaturated/α-hetero) is 1. The molecule has 2 aromatic rings. The Balaban J connectivity index is 1.63. The van der Waals surface area contributed by atoms with Crippen LogP contribution in [0.3, 0.4) is 0 Å². The highest BCUT2D eigenvalue weighted by Gasteiger charge is 2.19. The fourth-order valence-corrected chi connectivity index (χ4v) is 3.03. The van der Waals surface area contributed by atoms with Crippen LogP contribution in [0.25, 0.3) is 0 Å². The van der Waals surface area contributed by atoms with Crippen LogP contribution in [0.5, 0.6) is 23.0 Å². The van der Waals surface area contributed by atoms with Crippen LogP contribution in [0.15, 0.2) is 30.3 Å². The quantitative estimate of drug-likeness (QED) is 0.516. The predicted molar refractivity (Wildman–Crippen MR) is 101 cm³/mol. The number of fused-ring (bicyclic) bond motifs is 1. The third-order valence-electron chi connectivity index (χ3n) is 4.08. The minimum Gasteiger partial charge on any atom is -0.497 e. The van der Waals surface area contributed by atoms with Crippen LogP contribution in [0.2, 0.25) is 5.02 Å². The van der Waals surface area contributed by atoms with Crippen LogP contribution in [-0.4, -0.2) is 45.8 Å². The highest BCUT2D eigenvalue weighted by molar-refractivity contribution is 6.32. The number of ether oxygens (including phenoxy) is 5. The number of methoxy groups -OCH3 is 2. The summed E-state index contributed by atoms with van der Waals surface area (Å²) >= 11 is 6.16. The fraction of sp³-hybridized carbons (Fsp3) is 0.300. The molecule has 8 heteroatoms. The Labute approximate surface area is 167 Å². The molecule has 148 valence electrons. The molecule has 0 aliphatic carbocycles. The molecule has 0 spiro atoms. The van der Waals surface area contributed by atoms with E-state index in [1.165, 1.54) is 20.3 Å². The summed E-state index contributed by atoms with van der Waals surface area (Å²) in [5, 5.41) is 0.359. The van der Waals surface area contributed by atoms with Crippen molar-refractivity contribution in [3.05, 3.63) is 46.5 Å². The molecular formula is C20H19ClO7. The number of hydrogen-bond acceptors (Lipinski definition) is 7. The lowest BCUT2D eigenvalue weighted by Crippen LogP contribution is -2.18. The molecule has 1 aliphatic rings. The third-order valence-corrected chi connectivity index (χ3v) is 4.36. The molecule has 28 heavy (non-hydrogen) atoms. The van der Waals surface area contributed by atoms with E-state index < -0.39 is 18.4 Å². The number of rotatable bonds is 7. The molecule has 0 saturated heterocycles. The smallest absolute Gasteiger partial charge is 0.310 e. The Morgan fingerprint density at radius 3 is 2.61 bits per heavy atom. The maximum Gasteiger partial charge on any atom is 0.310 e. The van der Waals surface area contributed by atoms with Gasteiger partial charge in [0.2, 0.25) is 5.78 Å². The van der Waals surface area contributed by atoms with E-state index >= 15 is 0 Å². The maximum atomic E-state index is 12.4. The van der Waals surface area contributed by atoms with Crippen molar-refractivity contribution in [3.8, 4) is 23.0 Å². The van der Waals surface area contributed by atoms with Crippen molar-refractivity contribution in [2.24, 2.45) is 0 Å². The Bertz CT molecular complexity index is 894. The molecule has 0 unspecified atom stereocenters. The number of carbonyl (C=O) groups is 2. The van der Waals surface area contributed by atoms with Crippen molar-refractivity contribution < 1.29 is 33.3 Å². The van der Waals surface area contributed by atoms with Gasteiger partial charge in [0.05, 0.1) is 31.2 Å². The van der Waals surface area contributed by atoms with Gasteiger partial charge in [-0.05, 0) is 35.9 Å². The molecule has 1 heterocycles. The average molecular weight is 407 g/mol. The molecule has 0 fully saturated rings. The van der Waals surface area contributed by atoms with Gasteiger partial charge in [-0.1, -0.05) is 11.6 Å². The van der Waals surface area contributed by atoms with Crippen molar-refractivity contribution in [2.45, 2.75) is 6.42 Å². The summed E-state index contributed by atoms with van der Waals surface area (Å²) in [6.45, 7) is 0.415. The molecule has 2 aromatic carbocycles. The maximum absolute atomic E-state index is 12.4. The first kappa shape index (κ1) is 19.8. The summed E-state index contributed by atoms with van der Waals surface area (Å²) in [5.41, 5.74) is 0.877. The first-order chi connectivity index (χ1) is 13.5. The lowest BCUT2D eigenvalue weighted by Gasteiger charge is -2.20. The fourth-order valence-electron chi connectivity index (χ4n) is 2.74. The van der Waals surface area contributed by atoms with E-state index in [1.807, 2.05) is 0 Å². The first-order valence-electron chi connectivity index (χ1n) is 8.50. The van der Waals surface area contributed by atoms with Crippen LogP contribution >= 0.6 is 11.6 Å². The van der Waals surface area contributed by atoms with Crippen LogP contribution in [0.1, 0.15) is 15.9 Å². The van der Waals surface area contributed by atoms with Gasteiger partial charge in [-0.2, -0.15) is 0 Å². The van der Waals surface area contributed by atoms with E-state index in [-0.39, 0.29) is 12.0 Å². The highest BCUT2D eigenvalue weighted by Crippen LogP contribution is 2.38. The van der Waals surface area contributed by atoms with Gasteiger partial charge >= 0.3 is 5.97 Å². The molecule has 7 nitrogen and oxygen atoms in total. The number of carbonyl (C=O) groups excluding carboxylic acids is 2. The second-order valence-electron chi connectivity index (χ2n) is 5.93. The zero-order chi connectivity index (χ0) is 20.1. The summed E-state index contributed by atoms with van der Waals surface area (Å²) in [6.07, 6.45) is -0.0567. The lowest BCUT2D eigenvalue weighted by molar-refractivity contribution is -0.141. The molecule has 1 aliphatic heterocycles. The summed E-state index contributed by atoms with van der Waals surface area (Å²) in [7, 11) is 2.95. The van der Waals surface area contributed by atoms with Gasteiger partial charge < -0.3 is 23.7 Å². The topological polar surface area (TPSA) is 80.3 Å². The Hall–Kier alpha value is -2.93. The normalized spacial score (nSPS) is 12.2. The average Bonchev–Trinajstić information content (AvgIpc) is 2.71. The molecule has 0 N–H and O–H groups in total. The predicted octanol–water partition coefficient (Wildman–Crippen LogP) is 3.10. The van der Waals surface area contributed by atoms with E-state index in [2.05, 4.69) is 0 Å². The van der Waals surface area contributed by atoms with E-state index in [0.717, 1.165) is 0 Å². The molecule has 3 rings (SSSR count). The minimum absolute atomic E-state index is 0.0567. The molecular weight excluding hydrogens is 388 g/mol. The van der Waals surface area contributed by atoms with Crippen molar-refractivity contribution in [2.75, 3.05) is 34.0 Å². The summed E-state index contributed by atoms with van der Waals surface area (Å²) in [6, 6.07) is 8.12. The standard InChI is InChI=1S/C20H19ClO7/c1-24-13-3-4-17(25-2)14(10-13)16(22)11-28-19(23)9-12-7-15(21)20-18(8-12)26-5-6-27-20/h3-4,7-8,10H,5-6,9,11H2,1-2H3. The van der Waals surface area contributed by atoms with Crippen LogP contribution < -0.4 is 18.9 Å². The van der Waals surface area contributed by atoms with Crippen LogP contribution in [-0.2, 0) is 16.0 Å². The molecule has 0 saturated carbocycles. The number of ketones is 1. The van der Waals surface area contributed by atoms with Crippen molar-refractivity contribution in [1.29, 1.82) is 0 Å². The van der Waals surface area contributed by atoms with Gasteiger partial charge in [0, 0.05) is 0 Å². The molecule has 0 radical (unpaired) electrons. The van der Waals surface area contributed by atoms with Crippen molar-refractivity contribution in [3.63, 3.8) is 0 Å². The third kappa shape index (κ3) is 4.48. The zero-order valence-electron chi connectivity index (χ0n) is 15.5. The van der Waals surface area contributed by atoms with E-state index in [4.69, 9.17) is 35.3 Å². The van der Waals surface area contributed by atoms with Gasteiger partial charge in [0.1, 0.15) is 24.7 Å². The Morgan fingerprint density at radius 1 is 1.07 bits per heavy atom. The summed E-state index contributed by atoms with van der Waals surface area (Å²) < 4.78 is 26.3. The van der Waals surface area contributed by atoms with Gasteiger partial charge in [0.15, 0.2) is 18.1 Å². The van der Waals surface area contributed by atoms with Crippen molar-refractivity contribution in [1.82, 2.24) is 0 Å². The van der Waals surface area contributed by atoms with Crippen LogP contribution in [0, 0.1) is 0 Å². The number of benzene rings is 2. The minimum atomic E-state index is -0.567. The molecule has 0 aromatic heterocycles. The highest BCUT2D eigenvalue weighted by atomic mass is 35.5. The summed E-state index contributed by atoms with van der Waals surface area (Å²) in [4.78, 5) is 24.6. The largest absolute Gasteiger partial charge is 0.497 e. The van der Waals surface area contributed by atoms with E-state index in [0.29, 0.717) is 46.8 Å². The first-order valence-corrected chi connectivity index (χ1v) is 8.88. The van der Waals surface area contributed by atoms with Gasteiger partial charge in [0.25, 0.3) is 0 Å². The van der Waals surface area contributed by atoms with E-state index in [1.54, 1.807) is 24.3 Å². The SMILES string of the molecule is COc1ccc(OC)c(C(=O)COC(=O)Cc2cc(Cl)c3c(c2)OCCO3)c1. The van der Waals surface area contributed by atoms with Gasteiger partial charge in [-0.25, -0.2) is 0 Å². The zero-order valence-corrected chi connectivity index (χ0v) is 16.2. The molecule has 0 bridgehead atoms. The molecule has 0 amide bonds. The van der Waals surface area contributed by atoms with Gasteiger partial charge in [-0.3, -0.25) is 9.59 Å². The lowest BCUT2D eigenvalue weighted by atomic mass is 10.1. The Kier molecular flexibility index (Phi) is 6.26. The Morgan fingerprint density at radius 2 is 1.86 bits per heavy atom. The number of hydrogen-bond donors (Lipinski definition) is 0. The monoisotopic (exact) mass is 406 g/mol. The summed E-state index contributed by atoms with van der Waals surface area (Å²) in [5.74, 6) is 0.859. The second kappa shape index (κ2) is 8.84. The van der Waals surface area contributed by atoms with E-state index in [9.17, 15) is 9.59 Å².